The molecule has 2 N–H and O–H groups in total. The number of ether oxygens (including phenoxy) is 2. The van der Waals surface area contributed by atoms with Gasteiger partial charge >= 0.3 is 6.09 Å². The topological polar surface area (TPSA) is 67.8 Å². The number of hydrogen-bond acceptors (Lipinski definition) is 4. The Morgan fingerprint density at radius 2 is 2.05 bits per heavy atom. The van der Waals surface area contributed by atoms with Crippen LogP contribution in [0.5, 0.6) is 5.75 Å². The lowest BCUT2D eigenvalue weighted by atomic mass is 10.1. The van der Waals surface area contributed by atoms with Crippen LogP contribution >= 0.6 is 0 Å². The summed E-state index contributed by atoms with van der Waals surface area (Å²) < 4.78 is 10.5. The number of methoxy groups -OCH3 is 1. The van der Waals surface area contributed by atoms with Gasteiger partial charge in [-0.15, -0.1) is 0 Å². The van der Waals surface area contributed by atoms with Crippen molar-refractivity contribution in [3.05, 3.63) is 23.8 Å². The molecule has 21 heavy (non-hydrogen) atoms. The zero-order chi connectivity index (χ0) is 16.0. The summed E-state index contributed by atoms with van der Waals surface area (Å²) >= 11 is 0. The predicted molar refractivity (Wildman–Crippen MR) is 82.9 cm³/mol. The van der Waals surface area contributed by atoms with Crippen LogP contribution < -0.4 is 10.1 Å². The van der Waals surface area contributed by atoms with Gasteiger partial charge in [-0.25, -0.2) is 4.79 Å². The van der Waals surface area contributed by atoms with Gasteiger partial charge in [0, 0.05) is 11.8 Å². The Labute approximate surface area is 126 Å². The maximum atomic E-state index is 11.7. The van der Waals surface area contributed by atoms with Crippen molar-refractivity contribution in [3.8, 4) is 5.75 Å². The first-order valence-electron chi connectivity index (χ1n) is 7.06. The van der Waals surface area contributed by atoms with E-state index in [9.17, 15) is 9.90 Å². The van der Waals surface area contributed by atoms with Crippen molar-refractivity contribution in [1.29, 1.82) is 0 Å². The molecular weight excluding hydrogens is 270 g/mol. The van der Waals surface area contributed by atoms with E-state index >= 15 is 0 Å². The smallest absolute Gasteiger partial charge is 0.412 e. The van der Waals surface area contributed by atoms with E-state index in [1.54, 1.807) is 26.2 Å². The first-order chi connectivity index (χ1) is 9.71. The van der Waals surface area contributed by atoms with Crippen LogP contribution in [0.3, 0.4) is 0 Å². The largest absolute Gasteiger partial charge is 0.496 e. The number of anilines is 1. The molecule has 118 valence electrons. The quantitative estimate of drug-likeness (QED) is 0.874. The number of nitrogens with one attached hydrogen (secondary N) is 1. The van der Waals surface area contributed by atoms with E-state index in [2.05, 4.69) is 5.32 Å². The summed E-state index contributed by atoms with van der Waals surface area (Å²) in [5, 5.41) is 12.0. The minimum absolute atomic E-state index is 0.353. The zero-order valence-corrected chi connectivity index (χ0v) is 13.4. The van der Waals surface area contributed by atoms with E-state index in [1.807, 2.05) is 26.8 Å². The van der Waals surface area contributed by atoms with Crippen LogP contribution in [0, 0.1) is 0 Å². The van der Waals surface area contributed by atoms with Crippen molar-refractivity contribution in [2.45, 2.75) is 52.2 Å². The Bertz CT molecular complexity index is 478. The summed E-state index contributed by atoms with van der Waals surface area (Å²) in [7, 11) is 1.58. The third-order valence-corrected chi connectivity index (χ3v) is 2.76. The SMILES string of the molecule is COc1cc(NC(=O)OC(C)(C)C)ccc1CC[C@H](C)O. The van der Waals surface area contributed by atoms with Gasteiger partial charge in [0.25, 0.3) is 0 Å². The number of benzene rings is 1. The molecule has 5 nitrogen and oxygen atoms in total. The summed E-state index contributed by atoms with van der Waals surface area (Å²) in [6.45, 7) is 7.19. The molecule has 0 aliphatic heterocycles. The first kappa shape index (κ1) is 17.3. The number of rotatable bonds is 5. The highest BCUT2D eigenvalue weighted by atomic mass is 16.6. The lowest BCUT2D eigenvalue weighted by molar-refractivity contribution is 0.0636. The predicted octanol–water partition coefficient (Wildman–Crippen LogP) is 3.36. The summed E-state index contributed by atoms with van der Waals surface area (Å²) in [4.78, 5) is 11.7. The van der Waals surface area contributed by atoms with Crippen molar-refractivity contribution < 1.29 is 19.4 Å². The molecule has 1 atom stereocenters. The third-order valence-electron chi connectivity index (χ3n) is 2.76. The summed E-state index contributed by atoms with van der Waals surface area (Å²) in [6, 6.07) is 5.43. The molecule has 1 rings (SSSR count). The number of aryl methyl sites for hydroxylation is 1. The maximum Gasteiger partial charge on any atom is 0.412 e. The van der Waals surface area contributed by atoms with Crippen LogP contribution in [0.1, 0.15) is 39.7 Å². The van der Waals surface area contributed by atoms with Gasteiger partial charge in [-0.05, 0) is 52.2 Å². The van der Waals surface area contributed by atoms with Gasteiger partial charge in [-0.2, -0.15) is 0 Å². The lowest BCUT2D eigenvalue weighted by Crippen LogP contribution is -2.27. The number of amides is 1. The molecule has 0 spiro atoms. The molecule has 0 radical (unpaired) electrons. The fraction of sp³-hybridized carbons (Fsp3) is 0.562. The molecule has 0 aromatic heterocycles. The highest BCUT2D eigenvalue weighted by Gasteiger charge is 2.16. The number of carbonyl (C=O) groups excluding carboxylic acids is 1. The van der Waals surface area contributed by atoms with Crippen molar-refractivity contribution in [1.82, 2.24) is 0 Å². The van der Waals surface area contributed by atoms with E-state index in [0.29, 0.717) is 24.3 Å². The molecule has 5 heteroatoms. The van der Waals surface area contributed by atoms with Crippen molar-refractivity contribution in [3.63, 3.8) is 0 Å². The fourth-order valence-corrected chi connectivity index (χ4v) is 1.81. The minimum Gasteiger partial charge on any atom is -0.496 e. The molecule has 1 aromatic carbocycles. The van der Waals surface area contributed by atoms with Gasteiger partial charge in [-0.1, -0.05) is 6.07 Å². The molecule has 0 aliphatic carbocycles. The number of aliphatic hydroxyl groups excluding tert-OH is 1. The summed E-state index contributed by atoms with van der Waals surface area (Å²) in [5.41, 5.74) is 1.07. The van der Waals surface area contributed by atoms with Gasteiger partial charge in [0.05, 0.1) is 13.2 Å². The second-order valence-electron chi connectivity index (χ2n) is 6.04. The highest BCUT2D eigenvalue weighted by Crippen LogP contribution is 2.25. The van der Waals surface area contributed by atoms with Gasteiger partial charge < -0.3 is 14.6 Å². The van der Waals surface area contributed by atoms with Crippen LogP contribution in [0.2, 0.25) is 0 Å². The van der Waals surface area contributed by atoms with E-state index in [0.717, 1.165) is 5.56 Å². The van der Waals surface area contributed by atoms with Crippen molar-refractivity contribution in [2.24, 2.45) is 0 Å². The normalized spacial score (nSPS) is 12.7. The second-order valence-corrected chi connectivity index (χ2v) is 6.04. The summed E-state index contributed by atoms with van der Waals surface area (Å²) in [6.07, 6.45) is 0.526. The lowest BCUT2D eigenvalue weighted by Gasteiger charge is -2.20. The van der Waals surface area contributed by atoms with Gasteiger partial charge in [0.15, 0.2) is 0 Å². The van der Waals surface area contributed by atoms with E-state index in [1.165, 1.54) is 0 Å². The van der Waals surface area contributed by atoms with Gasteiger partial charge in [0.2, 0.25) is 0 Å². The molecule has 0 saturated carbocycles. The van der Waals surface area contributed by atoms with Crippen LogP contribution in [0.4, 0.5) is 10.5 Å². The van der Waals surface area contributed by atoms with Crippen LogP contribution in [-0.2, 0) is 11.2 Å². The Morgan fingerprint density at radius 1 is 1.38 bits per heavy atom. The minimum atomic E-state index is -0.536. The zero-order valence-electron chi connectivity index (χ0n) is 13.4. The molecule has 0 aliphatic rings. The third kappa shape index (κ3) is 6.49. The average Bonchev–Trinajstić information content (AvgIpc) is 2.34. The Hall–Kier alpha value is -1.75. The van der Waals surface area contributed by atoms with Gasteiger partial charge in [-0.3, -0.25) is 5.32 Å². The molecule has 0 fully saturated rings. The molecule has 1 aromatic rings. The number of hydrogen-bond donors (Lipinski definition) is 2. The summed E-state index contributed by atoms with van der Waals surface area (Å²) in [5.74, 6) is 0.684. The van der Waals surface area contributed by atoms with Crippen LogP contribution in [0.15, 0.2) is 18.2 Å². The number of aliphatic hydroxyl groups is 1. The van der Waals surface area contributed by atoms with E-state index in [-0.39, 0.29) is 6.10 Å². The van der Waals surface area contributed by atoms with E-state index in [4.69, 9.17) is 9.47 Å². The molecular formula is C16H25NO4. The maximum absolute atomic E-state index is 11.7. The Morgan fingerprint density at radius 3 is 2.57 bits per heavy atom. The fourth-order valence-electron chi connectivity index (χ4n) is 1.81. The van der Waals surface area contributed by atoms with Crippen LogP contribution in [-0.4, -0.2) is 30.0 Å². The molecule has 0 heterocycles. The van der Waals surface area contributed by atoms with Gasteiger partial charge in [0.1, 0.15) is 11.4 Å². The van der Waals surface area contributed by atoms with Crippen LogP contribution in [0.25, 0.3) is 0 Å². The van der Waals surface area contributed by atoms with Crippen molar-refractivity contribution in [2.75, 3.05) is 12.4 Å². The number of carbonyl (C=O) groups is 1. The Balaban J connectivity index is 2.75. The standard InChI is InChI=1S/C16H25NO4/c1-11(18)6-7-12-8-9-13(10-14(12)20-5)17-15(19)21-16(2,3)4/h8-11,18H,6-7H2,1-5H3,(H,17,19)/t11-/m0/s1. The average molecular weight is 295 g/mol. The monoisotopic (exact) mass is 295 g/mol. The molecule has 1 amide bonds. The highest BCUT2D eigenvalue weighted by molar-refractivity contribution is 5.85. The Kier molecular flexibility index (Phi) is 6.03. The molecule has 0 bridgehead atoms. The van der Waals surface area contributed by atoms with Crippen molar-refractivity contribution >= 4 is 11.8 Å². The van der Waals surface area contributed by atoms with E-state index < -0.39 is 11.7 Å². The second kappa shape index (κ2) is 7.31. The first-order valence-corrected chi connectivity index (χ1v) is 7.06. The molecule has 0 saturated heterocycles. The molecule has 0 unspecified atom stereocenters.